The van der Waals surface area contributed by atoms with Gasteiger partial charge in [-0.2, -0.15) is 13.2 Å². The van der Waals surface area contributed by atoms with Crippen LogP contribution in [0.15, 0.2) is 66.7 Å². The van der Waals surface area contributed by atoms with Gasteiger partial charge in [-0.25, -0.2) is 14.1 Å². The van der Waals surface area contributed by atoms with E-state index in [9.17, 15) is 37.3 Å². The number of anilines is 1. The average Bonchev–Trinajstić information content (AvgIpc) is 2.87. The van der Waals surface area contributed by atoms with E-state index in [4.69, 9.17) is 9.47 Å². The number of rotatable bonds is 7. The molecule has 198 valence electrons. The van der Waals surface area contributed by atoms with Crippen molar-refractivity contribution in [2.75, 3.05) is 11.9 Å². The average molecular weight is 533 g/mol. The Bertz CT molecular complexity index is 1380. The second-order valence-electron chi connectivity index (χ2n) is 8.24. The van der Waals surface area contributed by atoms with Crippen molar-refractivity contribution in [2.45, 2.75) is 25.2 Å². The minimum Gasteiger partial charge on any atom is -0.485 e. The predicted molar refractivity (Wildman–Crippen MR) is 125 cm³/mol. The van der Waals surface area contributed by atoms with E-state index in [1.165, 1.54) is 12.1 Å². The highest BCUT2D eigenvalue weighted by molar-refractivity contribution is 6.16. The molecular weight excluding hydrogens is 514 g/mol. The van der Waals surface area contributed by atoms with Crippen molar-refractivity contribution >= 4 is 23.3 Å². The van der Waals surface area contributed by atoms with Crippen LogP contribution in [0, 0.1) is 15.9 Å². The summed E-state index contributed by atoms with van der Waals surface area (Å²) in [6.07, 6.45) is -6.05. The summed E-state index contributed by atoms with van der Waals surface area (Å²) in [7, 11) is 0.820. The fraction of sp³-hybridized carbons (Fsp3) is 0.200. The zero-order valence-corrected chi connectivity index (χ0v) is 19.6. The molecule has 1 saturated heterocycles. The number of benzene rings is 3. The van der Waals surface area contributed by atoms with E-state index >= 15 is 0 Å². The van der Waals surface area contributed by atoms with Crippen molar-refractivity contribution in [1.29, 1.82) is 0 Å². The molecule has 1 aliphatic heterocycles. The first-order valence-corrected chi connectivity index (χ1v) is 11.1. The highest BCUT2D eigenvalue weighted by Gasteiger charge is 2.51. The molecule has 38 heavy (non-hydrogen) atoms. The molecule has 0 N–H and O–H groups in total. The number of ether oxygens (including phenoxy) is 2. The second-order valence-corrected chi connectivity index (χ2v) is 8.24. The molecule has 4 rings (SSSR count). The molecule has 9 nitrogen and oxygen atoms in total. The van der Waals surface area contributed by atoms with Gasteiger partial charge in [-0.1, -0.05) is 42.5 Å². The number of nitrogens with zero attached hydrogens (tertiary/aromatic N) is 3. The van der Waals surface area contributed by atoms with Gasteiger partial charge in [-0.3, -0.25) is 14.9 Å². The largest absolute Gasteiger partial charge is 0.485 e. The quantitative estimate of drug-likeness (QED) is 0.215. The first kappa shape index (κ1) is 26.4. The molecule has 1 atom stereocenters. The molecule has 0 aromatic heterocycles. The van der Waals surface area contributed by atoms with Crippen LogP contribution in [0.3, 0.4) is 0 Å². The Morgan fingerprint density at radius 3 is 2.26 bits per heavy atom. The number of halogens is 4. The summed E-state index contributed by atoms with van der Waals surface area (Å²) in [5, 5.41) is 11.6. The molecule has 0 radical (unpaired) electrons. The van der Waals surface area contributed by atoms with Gasteiger partial charge in [-0.15, -0.1) is 0 Å². The van der Waals surface area contributed by atoms with Crippen molar-refractivity contribution in [1.82, 2.24) is 4.90 Å². The third-order valence-corrected chi connectivity index (χ3v) is 5.73. The Morgan fingerprint density at radius 1 is 1.00 bits per heavy atom. The monoisotopic (exact) mass is 533 g/mol. The maximum absolute atomic E-state index is 14.9. The fourth-order valence-electron chi connectivity index (χ4n) is 3.80. The zero-order valence-electron chi connectivity index (χ0n) is 19.6. The normalized spacial score (nSPS) is 16.0. The molecule has 0 bridgehead atoms. The molecule has 1 unspecified atom stereocenters. The van der Waals surface area contributed by atoms with Crippen LogP contribution in [0.25, 0.3) is 0 Å². The minimum atomic E-state index is -4.89. The lowest BCUT2D eigenvalue weighted by Gasteiger charge is -2.38. The number of nitro benzene ring substituents is 1. The van der Waals surface area contributed by atoms with Crippen LogP contribution in [-0.2, 0) is 11.4 Å². The number of hydrogen-bond donors (Lipinski definition) is 0. The number of imide groups is 1. The van der Waals surface area contributed by atoms with Crippen molar-refractivity contribution in [3.63, 3.8) is 0 Å². The molecule has 3 aromatic carbocycles. The van der Waals surface area contributed by atoms with Gasteiger partial charge in [0.1, 0.15) is 12.6 Å². The van der Waals surface area contributed by atoms with Gasteiger partial charge in [0.05, 0.1) is 23.1 Å². The Hall–Kier alpha value is -4.68. The third-order valence-electron chi connectivity index (χ3n) is 5.73. The van der Waals surface area contributed by atoms with E-state index in [2.05, 4.69) is 0 Å². The molecule has 1 heterocycles. The Morgan fingerprint density at radius 2 is 1.63 bits per heavy atom. The summed E-state index contributed by atoms with van der Waals surface area (Å²) in [6, 6.07) is 12.5. The van der Waals surface area contributed by atoms with Crippen LogP contribution < -0.4 is 14.4 Å². The SMILES string of the molecule is CN1C(=O)N(c2cc(Oc3ccccc3OCc3ccccc3)c([N+](=O)[O-])cc2F)C(=O)CC1C(F)(F)F. The van der Waals surface area contributed by atoms with Crippen molar-refractivity contribution < 1.29 is 41.5 Å². The number of carbonyl (C=O) groups excluding carboxylic acids is 2. The summed E-state index contributed by atoms with van der Waals surface area (Å²) >= 11 is 0. The van der Waals surface area contributed by atoms with Crippen molar-refractivity contribution in [3.05, 3.63) is 88.2 Å². The van der Waals surface area contributed by atoms with Gasteiger partial charge in [-0.05, 0) is 17.7 Å². The first-order valence-electron chi connectivity index (χ1n) is 11.1. The van der Waals surface area contributed by atoms with Crippen LogP contribution in [0.1, 0.15) is 12.0 Å². The second kappa shape index (κ2) is 10.4. The summed E-state index contributed by atoms with van der Waals surface area (Å²) < 4.78 is 66.1. The maximum atomic E-state index is 14.9. The zero-order chi connectivity index (χ0) is 27.6. The molecule has 0 spiro atoms. The number of amides is 3. The van der Waals surface area contributed by atoms with Gasteiger partial charge in [0.2, 0.25) is 11.7 Å². The summed E-state index contributed by atoms with van der Waals surface area (Å²) in [6.45, 7) is 0.126. The van der Waals surface area contributed by atoms with E-state index in [-0.39, 0.29) is 27.9 Å². The first-order chi connectivity index (χ1) is 18.0. The van der Waals surface area contributed by atoms with E-state index in [0.29, 0.717) is 6.07 Å². The lowest BCUT2D eigenvalue weighted by Crippen LogP contribution is -2.60. The van der Waals surface area contributed by atoms with E-state index in [0.717, 1.165) is 18.7 Å². The number of nitro groups is 1. The smallest absolute Gasteiger partial charge is 0.409 e. The molecule has 3 amide bonds. The van der Waals surface area contributed by atoms with Gasteiger partial charge < -0.3 is 14.4 Å². The Kier molecular flexibility index (Phi) is 7.19. The van der Waals surface area contributed by atoms with Crippen LogP contribution >= 0.6 is 0 Å². The summed E-state index contributed by atoms with van der Waals surface area (Å²) in [5.74, 6) is -3.11. The lowest BCUT2D eigenvalue weighted by molar-refractivity contribution is -0.385. The molecule has 13 heteroatoms. The number of urea groups is 1. The number of carbonyl (C=O) groups is 2. The maximum Gasteiger partial charge on any atom is 0.409 e. The van der Waals surface area contributed by atoms with Crippen molar-refractivity contribution in [2.24, 2.45) is 0 Å². The van der Waals surface area contributed by atoms with Crippen LogP contribution in [0.5, 0.6) is 17.2 Å². The Balaban J connectivity index is 1.69. The highest BCUT2D eigenvalue weighted by Crippen LogP contribution is 2.41. The molecular formula is C25H19F4N3O6. The van der Waals surface area contributed by atoms with Crippen LogP contribution in [0.4, 0.5) is 33.7 Å². The highest BCUT2D eigenvalue weighted by atomic mass is 19.4. The van der Waals surface area contributed by atoms with E-state index < -0.39 is 58.4 Å². The lowest BCUT2D eigenvalue weighted by atomic mass is 10.1. The van der Waals surface area contributed by atoms with Gasteiger partial charge in [0, 0.05) is 13.1 Å². The summed E-state index contributed by atoms with van der Waals surface area (Å²) in [5.41, 5.74) is -0.820. The molecule has 3 aromatic rings. The minimum absolute atomic E-state index is 0.00496. The van der Waals surface area contributed by atoms with Gasteiger partial charge in [0.15, 0.2) is 17.3 Å². The van der Waals surface area contributed by atoms with Gasteiger partial charge >= 0.3 is 17.9 Å². The Labute approximate surface area is 212 Å². The van der Waals surface area contributed by atoms with E-state index in [1.807, 2.05) is 30.3 Å². The molecule has 0 saturated carbocycles. The predicted octanol–water partition coefficient (Wildman–Crippen LogP) is 5.82. The van der Waals surface area contributed by atoms with Crippen LogP contribution in [-0.4, -0.2) is 41.0 Å². The van der Waals surface area contributed by atoms with E-state index in [1.54, 1.807) is 12.1 Å². The molecule has 0 aliphatic carbocycles. The van der Waals surface area contributed by atoms with Gasteiger partial charge in [0.25, 0.3) is 0 Å². The topological polar surface area (TPSA) is 102 Å². The number of para-hydroxylation sites is 2. The molecule has 1 fully saturated rings. The summed E-state index contributed by atoms with van der Waals surface area (Å²) in [4.78, 5) is 36.4. The standard InChI is InChI=1S/C25H19F4N3O6/c1-30-22(25(27,28)29)13-23(33)31(24(30)34)17-12-21(18(32(35)36)11-16(17)26)38-20-10-6-5-9-19(20)37-14-15-7-3-2-4-8-15/h2-12,22H,13-14H2,1H3. The number of hydrogen-bond acceptors (Lipinski definition) is 6. The number of alkyl halides is 3. The third kappa shape index (κ3) is 5.36. The fourth-order valence-corrected chi connectivity index (χ4v) is 3.80. The molecule has 1 aliphatic rings. The van der Waals surface area contributed by atoms with Crippen molar-refractivity contribution in [3.8, 4) is 17.2 Å². The van der Waals surface area contributed by atoms with Crippen LogP contribution in [0.2, 0.25) is 0 Å².